The van der Waals surface area contributed by atoms with Crippen LogP contribution in [0.25, 0.3) is 0 Å². The zero-order valence-corrected chi connectivity index (χ0v) is 11.7. The van der Waals surface area contributed by atoms with Gasteiger partial charge in [0.15, 0.2) is 0 Å². The van der Waals surface area contributed by atoms with Crippen LogP contribution in [0.4, 0.5) is 0 Å². The highest BCUT2D eigenvalue weighted by molar-refractivity contribution is 5.87. The van der Waals surface area contributed by atoms with Gasteiger partial charge in [0.25, 0.3) is 0 Å². The van der Waals surface area contributed by atoms with Crippen molar-refractivity contribution in [3.05, 3.63) is 0 Å². The Morgan fingerprint density at radius 3 is 1.67 bits per heavy atom. The van der Waals surface area contributed by atoms with Crippen molar-refractivity contribution in [3.63, 3.8) is 0 Å². The highest BCUT2D eigenvalue weighted by Crippen LogP contribution is 2.29. The molecule has 0 aromatic carbocycles. The summed E-state index contributed by atoms with van der Waals surface area (Å²) in [6.07, 6.45) is 0.998. The average Bonchev–Trinajstić information content (AvgIpc) is 2.34. The Morgan fingerprint density at radius 1 is 0.810 bits per heavy atom. The lowest BCUT2D eigenvalue weighted by Gasteiger charge is -2.25. The van der Waals surface area contributed by atoms with Gasteiger partial charge in [-0.1, -0.05) is 26.2 Å². The maximum absolute atomic E-state index is 11.3. The molecule has 0 amide bonds. The number of aliphatic carboxylic acids is 4. The minimum absolute atomic E-state index is 0.00351. The Bertz CT molecular complexity index is 403. The van der Waals surface area contributed by atoms with Crippen LogP contribution in [0.15, 0.2) is 0 Å². The number of unbranched alkanes of at least 4 members (excludes halogenated alkanes) is 2. The number of carboxylic acid groups (broad SMARTS) is 4. The van der Waals surface area contributed by atoms with Crippen molar-refractivity contribution in [2.24, 2.45) is 17.8 Å². The molecule has 120 valence electrons. The third kappa shape index (κ3) is 6.24. The van der Waals surface area contributed by atoms with Crippen LogP contribution in [0.3, 0.4) is 0 Å². The van der Waals surface area contributed by atoms with Gasteiger partial charge in [0.1, 0.15) is 0 Å². The van der Waals surface area contributed by atoms with E-state index in [1.807, 2.05) is 6.92 Å². The summed E-state index contributed by atoms with van der Waals surface area (Å²) in [4.78, 5) is 44.3. The zero-order chi connectivity index (χ0) is 16.6. The van der Waals surface area contributed by atoms with E-state index in [4.69, 9.17) is 20.4 Å². The van der Waals surface area contributed by atoms with Crippen molar-refractivity contribution in [1.82, 2.24) is 0 Å². The van der Waals surface area contributed by atoms with Crippen LogP contribution in [0, 0.1) is 17.8 Å². The predicted molar refractivity (Wildman–Crippen MR) is 69.8 cm³/mol. The molecule has 0 heterocycles. The molecule has 0 spiro atoms. The molecular weight excluding hydrogens is 284 g/mol. The molecule has 0 aliphatic rings. The van der Waals surface area contributed by atoms with E-state index in [1.165, 1.54) is 0 Å². The number of hydrogen-bond donors (Lipinski definition) is 4. The predicted octanol–water partition coefficient (Wildman–Crippen LogP) is 1.14. The number of hydrogen-bond acceptors (Lipinski definition) is 4. The molecular formula is C13H20O8. The molecule has 4 N–H and O–H groups in total. The second-order valence-corrected chi connectivity index (χ2v) is 4.85. The van der Waals surface area contributed by atoms with Crippen LogP contribution in [0.2, 0.25) is 0 Å². The molecule has 21 heavy (non-hydrogen) atoms. The SMILES string of the molecule is CCCCCC(C(=O)O)C(C(=O)O)C(CC(=O)O)C(=O)O. The Hall–Kier alpha value is -2.12. The highest BCUT2D eigenvalue weighted by atomic mass is 16.4. The van der Waals surface area contributed by atoms with Gasteiger partial charge in [-0.2, -0.15) is 0 Å². The molecule has 0 radical (unpaired) electrons. The van der Waals surface area contributed by atoms with Gasteiger partial charge in [0.05, 0.1) is 24.2 Å². The monoisotopic (exact) mass is 304 g/mol. The van der Waals surface area contributed by atoms with Gasteiger partial charge in [-0.15, -0.1) is 0 Å². The Balaban J connectivity index is 5.35. The third-order valence-corrected chi connectivity index (χ3v) is 3.30. The first-order valence-electron chi connectivity index (χ1n) is 6.62. The van der Waals surface area contributed by atoms with E-state index in [9.17, 15) is 19.2 Å². The van der Waals surface area contributed by atoms with Gasteiger partial charge in [0, 0.05) is 0 Å². The summed E-state index contributed by atoms with van der Waals surface area (Å²) < 4.78 is 0. The number of carbonyl (C=O) groups is 4. The maximum atomic E-state index is 11.3. The summed E-state index contributed by atoms with van der Waals surface area (Å²) in [7, 11) is 0. The van der Waals surface area contributed by atoms with Gasteiger partial charge < -0.3 is 20.4 Å². The zero-order valence-electron chi connectivity index (χ0n) is 11.7. The second-order valence-electron chi connectivity index (χ2n) is 4.85. The molecule has 8 nitrogen and oxygen atoms in total. The van der Waals surface area contributed by atoms with E-state index in [-0.39, 0.29) is 6.42 Å². The van der Waals surface area contributed by atoms with Crippen molar-refractivity contribution in [2.45, 2.75) is 39.0 Å². The Kier molecular flexibility index (Phi) is 8.03. The number of carboxylic acids is 4. The van der Waals surface area contributed by atoms with Crippen molar-refractivity contribution in [1.29, 1.82) is 0 Å². The van der Waals surface area contributed by atoms with E-state index in [1.54, 1.807) is 0 Å². The second kappa shape index (κ2) is 8.93. The van der Waals surface area contributed by atoms with Crippen molar-refractivity contribution in [3.8, 4) is 0 Å². The first-order valence-corrected chi connectivity index (χ1v) is 6.62. The summed E-state index contributed by atoms with van der Waals surface area (Å²) in [5.74, 6) is -11.1. The van der Waals surface area contributed by atoms with E-state index >= 15 is 0 Å². The van der Waals surface area contributed by atoms with Crippen molar-refractivity contribution >= 4 is 23.9 Å². The molecule has 0 fully saturated rings. The van der Waals surface area contributed by atoms with E-state index < -0.39 is 48.1 Å². The maximum Gasteiger partial charge on any atom is 0.308 e. The van der Waals surface area contributed by atoms with E-state index in [0.717, 1.165) is 6.42 Å². The Morgan fingerprint density at radius 2 is 1.33 bits per heavy atom. The normalized spacial score (nSPS) is 14.9. The number of rotatable bonds is 11. The molecule has 0 bridgehead atoms. The van der Waals surface area contributed by atoms with Gasteiger partial charge >= 0.3 is 23.9 Å². The Labute approximate surface area is 121 Å². The van der Waals surface area contributed by atoms with Crippen molar-refractivity contribution < 1.29 is 39.6 Å². The molecule has 3 unspecified atom stereocenters. The van der Waals surface area contributed by atoms with Crippen LogP contribution in [-0.4, -0.2) is 44.3 Å². The standard InChI is InChI=1S/C13H20O8/c1-2-3-4-5-7(11(16)17)10(13(20)21)8(12(18)19)6-9(14)15/h7-8,10H,2-6H2,1H3,(H,14,15)(H,16,17)(H,18,19)(H,20,21). The molecule has 0 aliphatic heterocycles. The molecule has 0 aliphatic carbocycles. The van der Waals surface area contributed by atoms with Crippen LogP contribution in [0.1, 0.15) is 39.0 Å². The molecule has 3 atom stereocenters. The smallest absolute Gasteiger partial charge is 0.308 e. The lowest BCUT2D eigenvalue weighted by molar-refractivity contribution is -0.164. The summed E-state index contributed by atoms with van der Waals surface area (Å²) in [5, 5.41) is 36.0. The van der Waals surface area contributed by atoms with Gasteiger partial charge in [0.2, 0.25) is 0 Å². The van der Waals surface area contributed by atoms with Gasteiger partial charge in [-0.3, -0.25) is 19.2 Å². The summed E-state index contributed by atoms with van der Waals surface area (Å²) in [6.45, 7) is 1.88. The average molecular weight is 304 g/mol. The molecule has 8 heteroatoms. The summed E-state index contributed by atoms with van der Waals surface area (Å²) >= 11 is 0. The molecule has 0 saturated carbocycles. The first kappa shape index (κ1) is 18.9. The fourth-order valence-corrected chi connectivity index (χ4v) is 2.25. The van der Waals surface area contributed by atoms with Gasteiger partial charge in [-0.05, 0) is 6.42 Å². The molecule has 0 aromatic rings. The third-order valence-electron chi connectivity index (χ3n) is 3.30. The summed E-state index contributed by atoms with van der Waals surface area (Å²) in [6, 6.07) is 0. The van der Waals surface area contributed by atoms with E-state index in [0.29, 0.717) is 12.8 Å². The minimum Gasteiger partial charge on any atom is -0.481 e. The lowest BCUT2D eigenvalue weighted by atomic mass is 9.77. The molecule has 0 aromatic heterocycles. The van der Waals surface area contributed by atoms with Crippen LogP contribution >= 0.6 is 0 Å². The lowest BCUT2D eigenvalue weighted by Crippen LogP contribution is -2.40. The van der Waals surface area contributed by atoms with Gasteiger partial charge in [-0.25, -0.2) is 0 Å². The van der Waals surface area contributed by atoms with E-state index in [2.05, 4.69) is 0 Å². The minimum atomic E-state index is -1.78. The molecule has 0 saturated heterocycles. The topological polar surface area (TPSA) is 149 Å². The highest BCUT2D eigenvalue weighted by Gasteiger charge is 2.43. The quantitative estimate of drug-likeness (QED) is 0.415. The largest absolute Gasteiger partial charge is 0.481 e. The summed E-state index contributed by atoms with van der Waals surface area (Å²) in [5.41, 5.74) is 0. The first-order chi connectivity index (χ1) is 9.72. The van der Waals surface area contributed by atoms with Crippen LogP contribution in [0.5, 0.6) is 0 Å². The van der Waals surface area contributed by atoms with Crippen LogP contribution in [-0.2, 0) is 19.2 Å². The van der Waals surface area contributed by atoms with Crippen LogP contribution < -0.4 is 0 Å². The molecule has 0 rings (SSSR count). The fraction of sp³-hybridized carbons (Fsp3) is 0.692. The fourth-order valence-electron chi connectivity index (χ4n) is 2.25. The van der Waals surface area contributed by atoms with Crippen molar-refractivity contribution in [2.75, 3.05) is 0 Å².